The van der Waals surface area contributed by atoms with Crippen molar-refractivity contribution in [2.45, 2.75) is 19.3 Å². The first-order chi connectivity index (χ1) is 14.1. The van der Waals surface area contributed by atoms with Crippen molar-refractivity contribution in [3.05, 3.63) is 83.4 Å². The van der Waals surface area contributed by atoms with E-state index in [2.05, 4.69) is 24.3 Å². The van der Waals surface area contributed by atoms with Crippen molar-refractivity contribution in [1.29, 1.82) is 0 Å². The molecular formula is C24H26N2O3. The number of likely N-dealkylation sites (tertiary alicyclic amines) is 1. The van der Waals surface area contributed by atoms with E-state index in [-0.39, 0.29) is 5.91 Å². The van der Waals surface area contributed by atoms with Crippen LogP contribution in [0.15, 0.2) is 66.7 Å². The van der Waals surface area contributed by atoms with Crippen LogP contribution < -0.4 is 5.48 Å². The van der Waals surface area contributed by atoms with Crippen molar-refractivity contribution < 1.29 is 14.8 Å². The maximum Gasteiger partial charge on any atom is 0.267 e. The van der Waals surface area contributed by atoms with Crippen LogP contribution in [0.5, 0.6) is 0 Å². The van der Waals surface area contributed by atoms with Crippen LogP contribution in [-0.2, 0) is 16.0 Å². The van der Waals surface area contributed by atoms with E-state index in [0.29, 0.717) is 5.92 Å². The van der Waals surface area contributed by atoms with Gasteiger partial charge in [0.2, 0.25) is 5.91 Å². The highest BCUT2D eigenvalue weighted by molar-refractivity contribution is 5.92. The van der Waals surface area contributed by atoms with E-state index >= 15 is 0 Å². The number of rotatable bonds is 6. The van der Waals surface area contributed by atoms with Crippen molar-refractivity contribution in [2.75, 3.05) is 13.1 Å². The molecule has 2 aromatic rings. The van der Waals surface area contributed by atoms with Gasteiger partial charge in [-0.1, -0.05) is 48.5 Å². The third-order valence-electron chi connectivity index (χ3n) is 5.16. The first kappa shape index (κ1) is 20.6. The van der Waals surface area contributed by atoms with Gasteiger partial charge in [-0.3, -0.25) is 14.8 Å². The molecule has 3 rings (SSSR count). The molecule has 2 amide bonds. The molecule has 0 unspecified atom stereocenters. The first-order valence-corrected chi connectivity index (χ1v) is 9.87. The van der Waals surface area contributed by atoms with Gasteiger partial charge in [-0.15, -0.1) is 0 Å². The highest BCUT2D eigenvalue weighted by Gasteiger charge is 2.21. The van der Waals surface area contributed by atoms with Gasteiger partial charge in [0.25, 0.3) is 5.91 Å². The highest BCUT2D eigenvalue weighted by Crippen LogP contribution is 2.22. The van der Waals surface area contributed by atoms with Crippen LogP contribution in [0.3, 0.4) is 0 Å². The predicted octanol–water partition coefficient (Wildman–Crippen LogP) is 3.70. The monoisotopic (exact) mass is 390 g/mol. The summed E-state index contributed by atoms with van der Waals surface area (Å²) in [4.78, 5) is 25.5. The van der Waals surface area contributed by atoms with Gasteiger partial charge in [0, 0.05) is 25.2 Å². The molecule has 5 nitrogen and oxygen atoms in total. The molecule has 1 heterocycles. The fourth-order valence-corrected chi connectivity index (χ4v) is 3.55. The Bertz CT molecular complexity index is 882. The fourth-order valence-electron chi connectivity index (χ4n) is 3.55. The van der Waals surface area contributed by atoms with Gasteiger partial charge in [-0.25, -0.2) is 5.48 Å². The van der Waals surface area contributed by atoms with Crippen LogP contribution in [-0.4, -0.2) is 35.0 Å². The minimum absolute atomic E-state index is 0.0313. The van der Waals surface area contributed by atoms with Gasteiger partial charge in [-0.2, -0.15) is 0 Å². The molecule has 1 aliphatic heterocycles. The maximum absolute atomic E-state index is 12.5. The lowest BCUT2D eigenvalue weighted by atomic mass is 9.90. The number of carbonyl (C=O) groups is 2. The quantitative estimate of drug-likeness (QED) is 0.449. The van der Waals surface area contributed by atoms with E-state index in [1.807, 2.05) is 35.2 Å². The Morgan fingerprint density at radius 2 is 1.62 bits per heavy atom. The summed E-state index contributed by atoms with van der Waals surface area (Å²) in [7, 11) is 0. The maximum atomic E-state index is 12.5. The lowest BCUT2D eigenvalue weighted by Gasteiger charge is -2.31. The van der Waals surface area contributed by atoms with E-state index in [0.717, 1.165) is 43.5 Å². The van der Waals surface area contributed by atoms with Crippen molar-refractivity contribution in [3.63, 3.8) is 0 Å². The van der Waals surface area contributed by atoms with Crippen molar-refractivity contribution in [1.82, 2.24) is 10.4 Å². The van der Waals surface area contributed by atoms with Crippen LogP contribution in [0.2, 0.25) is 0 Å². The van der Waals surface area contributed by atoms with Gasteiger partial charge in [0.05, 0.1) is 0 Å². The molecule has 2 aromatic carbocycles. The van der Waals surface area contributed by atoms with Crippen LogP contribution in [0.4, 0.5) is 0 Å². The molecule has 0 atom stereocenters. The zero-order valence-electron chi connectivity index (χ0n) is 16.3. The second-order valence-corrected chi connectivity index (χ2v) is 7.27. The van der Waals surface area contributed by atoms with Crippen molar-refractivity contribution in [3.8, 4) is 0 Å². The number of piperidine rings is 1. The summed E-state index contributed by atoms with van der Waals surface area (Å²) in [5.74, 6) is 0.0746. The molecule has 0 aromatic heterocycles. The van der Waals surface area contributed by atoms with Crippen molar-refractivity contribution in [2.24, 2.45) is 5.92 Å². The second-order valence-electron chi connectivity index (χ2n) is 7.27. The van der Waals surface area contributed by atoms with Gasteiger partial charge >= 0.3 is 0 Å². The summed E-state index contributed by atoms with van der Waals surface area (Å²) < 4.78 is 0. The first-order valence-electron chi connectivity index (χ1n) is 9.87. The molecule has 1 aliphatic rings. The molecular weight excluding hydrogens is 364 g/mol. The number of carbonyl (C=O) groups excluding carboxylic acids is 2. The Hall–Kier alpha value is -3.18. The number of hydroxylamine groups is 1. The molecule has 1 saturated heterocycles. The molecule has 1 fully saturated rings. The highest BCUT2D eigenvalue weighted by atomic mass is 16.5. The van der Waals surface area contributed by atoms with Crippen LogP contribution in [0, 0.1) is 5.92 Å². The third-order valence-corrected chi connectivity index (χ3v) is 5.16. The van der Waals surface area contributed by atoms with Gasteiger partial charge in [0.15, 0.2) is 0 Å². The Morgan fingerprint density at radius 1 is 0.966 bits per heavy atom. The number of hydrogen-bond acceptors (Lipinski definition) is 3. The van der Waals surface area contributed by atoms with Gasteiger partial charge in [0.1, 0.15) is 0 Å². The molecule has 150 valence electrons. The lowest BCUT2D eigenvalue weighted by Crippen LogP contribution is -2.37. The minimum atomic E-state index is -0.586. The molecule has 0 aliphatic carbocycles. The SMILES string of the molecule is O=C(C=Cc1cccc(C=CC(=O)N2CCC(Cc3ccccc3)CC2)c1)NO. The standard InChI is InChI=1S/C24H26N2O3/c27-23(25-29)11-9-20-7-4-8-21(18-20)10-12-24(28)26-15-13-22(14-16-26)17-19-5-2-1-3-6-19/h1-12,18,22,29H,13-17H2,(H,25,27). The summed E-state index contributed by atoms with van der Waals surface area (Å²) in [6.07, 6.45) is 9.38. The second kappa shape index (κ2) is 10.4. The fraction of sp³-hybridized carbons (Fsp3) is 0.250. The van der Waals surface area contributed by atoms with Crippen molar-refractivity contribution >= 4 is 24.0 Å². The van der Waals surface area contributed by atoms with E-state index in [1.54, 1.807) is 23.7 Å². The number of benzene rings is 2. The van der Waals surface area contributed by atoms with E-state index in [1.165, 1.54) is 11.6 Å². The zero-order chi connectivity index (χ0) is 20.5. The third kappa shape index (κ3) is 6.43. The van der Waals surface area contributed by atoms with E-state index in [4.69, 9.17) is 5.21 Å². The van der Waals surface area contributed by atoms with Crippen LogP contribution >= 0.6 is 0 Å². The molecule has 0 saturated carbocycles. The summed E-state index contributed by atoms with van der Waals surface area (Å²) in [5.41, 5.74) is 4.61. The van der Waals surface area contributed by atoms with Crippen LogP contribution in [0.1, 0.15) is 29.5 Å². The molecule has 5 heteroatoms. The normalized spacial score (nSPS) is 15.1. The largest absolute Gasteiger partial charge is 0.339 e. The summed E-state index contributed by atoms with van der Waals surface area (Å²) in [5, 5.41) is 8.52. The molecule has 0 spiro atoms. The Kier molecular flexibility index (Phi) is 7.36. The Balaban J connectivity index is 1.51. The summed E-state index contributed by atoms with van der Waals surface area (Å²) >= 11 is 0. The lowest BCUT2D eigenvalue weighted by molar-refractivity contribution is -0.127. The summed E-state index contributed by atoms with van der Waals surface area (Å²) in [6, 6.07) is 18.0. The number of hydrogen-bond donors (Lipinski definition) is 2. The van der Waals surface area contributed by atoms with Crippen LogP contribution in [0.25, 0.3) is 12.2 Å². The Labute approximate surface area is 171 Å². The smallest absolute Gasteiger partial charge is 0.267 e. The Morgan fingerprint density at radius 3 is 2.28 bits per heavy atom. The predicted molar refractivity (Wildman–Crippen MR) is 114 cm³/mol. The zero-order valence-corrected chi connectivity index (χ0v) is 16.3. The van der Waals surface area contributed by atoms with Gasteiger partial charge < -0.3 is 4.90 Å². The van der Waals surface area contributed by atoms with E-state index in [9.17, 15) is 9.59 Å². The van der Waals surface area contributed by atoms with E-state index < -0.39 is 5.91 Å². The number of amides is 2. The average Bonchev–Trinajstić information content (AvgIpc) is 2.77. The number of nitrogens with one attached hydrogen (secondary N) is 1. The number of nitrogens with zero attached hydrogens (tertiary/aromatic N) is 1. The topological polar surface area (TPSA) is 69.6 Å². The molecule has 29 heavy (non-hydrogen) atoms. The average molecular weight is 390 g/mol. The minimum Gasteiger partial charge on any atom is -0.339 e. The summed E-state index contributed by atoms with van der Waals surface area (Å²) in [6.45, 7) is 1.58. The molecule has 0 radical (unpaired) electrons. The molecule has 0 bridgehead atoms. The molecule has 2 N–H and O–H groups in total. The van der Waals surface area contributed by atoms with Gasteiger partial charge in [-0.05, 0) is 60.1 Å².